The van der Waals surface area contributed by atoms with Gasteiger partial charge in [-0.1, -0.05) is 11.6 Å². The molecule has 0 aliphatic carbocycles. The summed E-state index contributed by atoms with van der Waals surface area (Å²) in [6, 6.07) is 11.8. The van der Waals surface area contributed by atoms with Crippen LogP contribution >= 0.6 is 11.6 Å². The predicted octanol–water partition coefficient (Wildman–Crippen LogP) is 2.85. The fraction of sp³-hybridized carbons (Fsp3) is 0.357. The minimum Gasteiger partial charge on any atom is -0.497 e. The molecule has 2 saturated heterocycles. The molecule has 0 unspecified atom stereocenters. The summed E-state index contributed by atoms with van der Waals surface area (Å²) < 4.78 is 26.3. The van der Waals surface area contributed by atoms with Crippen LogP contribution in [0, 0.1) is 5.82 Å². The molecule has 11 nitrogen and oxygen atoms in total. The molecule has 4 heterocycles. The number of nitrogens with zero attached hydrogens (tertiary/aromatic N) is 7. The van der Waals surface area contributed by atoms with Crippen molar-refractivity contribution in [2.75, 3.05) is 76.8 Å². The molecule has 2 N–H and O–H groups in total. The van der Waals surface area contributed by atoms with Crippen LogP contribution in [-0.4, -0.2) is 102 Å². The number of hydrogen-bond donors (Lipinski definition) is 1. The molecule has 2 aliphatic heterocycles. The van der Waals surface area contributed by atoms with Gasteiger partial charge in [0.05, 0.1) is 48.7 Å². The largest absolute Gasteiger partial charge is 0.497 e. The summed E-state index contributed by atoms with van der Waals surface area (Å²) >= 11 is 6.15. The summed E-state index contributed by atoms with van der Waals surface area (Å²) in [4.78, 5) is 28.5. The highest BCUT2D eigenvalue weighted by Gasteiger charge is 2.26. The average Bonchev–Trinajstić information content (AvgIpc) is 3.35. The first-order valence-electron chi connectivity index (χ1n) is 13.4. The van der Waals surface area contributed by atoms with Gasteiger partial charge in [0.1, 0.15) is 17.4 Å². The smallest absolute Gasteiger partial charge is 0.236 e. The third kappa shape index (κ3) is 5.50. The first kappa shape index (κ1) is 27.2. The molecule has 4 aromatic rings. The number of aromatic nitrogens is 4. The number of anilines is 2. The van der Waals surface area contributed by atoms with Crippen molar-refractivity contribution in [2.24, 2.45) is 0 Å². The van der Waals surface area contributed by atoms with Crippen LogP contribution in [0.25, 0.3) is 28.0 Å². The van der Waals surface area contributed by atoms with Crippen molar-refractivity contribution in [3.8, 4) is 22.7 Å². The number of amides is 1. The summed E-state index contributed by atoms with van der Waals surface area (Å²) in [5.74, 6) is 1.13. The van der Waals surface area contributed by atoms with E-state index in [9.17, 15) is 9.18 Å². The van der Waals surface area contributed by atoms with Crippen molar-refractivity contribution in [1.29, 1.82) is 0 Å². The van der Waals surface area contributed by atoms with Gasteiger partial charge in [0.25, 0.3) is 0 Å². The molecule has 2 aromatic carbocycles. The molecular weight excluding hydrogens is 551 g/mol. The van der Waals surface area contributed by atoms with Crippen LogP contribution in [0.15, 0.2) is 42.5 Å². The number of benzene rings is 2. The van der Waals surface area contributed by atoms with Gasteiger partial charge in [0.2, 0.25) is 11.9 Å². The van der Waals surface area contributed by atoms with E-state index in [2.05, 4.69) is 9.80 Å². The Bertz CT molecular complexity index is 1570. The molecule has 2 aliphatic rings. The van der Waals surface area contributed by atoms with Gasteiger partial charge in [0, 0.05) is 44.8 Å². The van der Waals surface area contributed by atoms with E-state index >= 15 is 0 Å². The van der Waals surface area contributed by atoms with E-state index in [0.29, 0.717) is 98.8 Å². The lowest BCUT2D eigenvalue weighted by Gasteiger charge is -2.36. The van der Waals surface area contributed by atoms with Crippen LogP contribution in [0.1, 0.15) is 0 Å². The van der Waals surface area contributed by atoms with Gasteiger partial charge in [-0.05, 0) is 42.5 Å². The van der Waals surface area contributed by atoms with Gasteiger partial charge >= 0.3 is 0 Å². The van der Waals surface area contributed by atoms with Crippen molar-refractivity contribution in [3.63, 3.8) is 0 Å². The molecule has 0 radical (unpaired) electrons. The minimum absolute atomic E-state index is 0.0181. The summed E-state index contributed by atoms with van der Waals surface area (Å²) in [6.07, 6.45) is 0. The Labute approximate surface area is 241 Å². The summed E-state index contributed by atoms with van der Waals surface area (Å²) in [6.45, 7) is 5.41. The van der Waals surface area contributed by atoms with Crippen LogP contribution in [-0.2, 0) is 9.53 Å². The molecule has 2 aromatic heterocycles. The van der Waals surface area contributed by atoms with Crippen molar-refractivity contribution < 1.29 is 18.7 Å². The molecule has 13 heteroatoms. The minimum atomic E-state index is -0.523. The maximum atomic E-state index is 14.0. The van der Waals surface area contributed by atoms with Crippen molar-refractivity contribution in [2.45, 2.75) is 0 Å². The van der Waals surface area contributed by atoms with E-state index in [0.717, 1.165) is 5.69 Å². The molecule has 0 saturated carbocycles. The maximum Gasteiger partial charge on any atom is 0.236 e. The number of nitrogens with two attached hydrogens (primary N) is 1. The van der Waals surface area contributed by atoms with Crippen LogP contribution in [0.4, 0.5) is 16.2 Å². The molecule has 0 atom stereocenters. The first-order valence-corrected chi connectivity index (χ1v) is 13.8. The summed E-state index contributed by atoms with van der Waals surface area (Å²) in [5.41, 5.74) is 8.86. The highest BCUT2D eigenvalue weighted by molar-refractivity contribution is 6.31. The number of rotatable bonds is 6. The van der Waals surface area contributed by atoms with Crippen LogP contribution < -0.4 is 15.4 Å². The fourth-order valence-corrected chi connectivity index (χ4v) is 5.30. The lowest BCUT2D eigenvalue weighted by molar-refractivity contribution is -0.136. The zero-order chi connectivity index (χ0) is 28.5. The number of nitrogen functional groups attached to an aromatic ring is 1. The number of morpholine rings is 1. The normalized spacial score (nSPS) is 16.4. The van der Waals surface area contributed by atoms with Gasteiger partial charge in [-0.3, -0.25) is 9.69 Å². The van der Waals surface area contributed by atoms with Gasteiger partial charge in [-0.25, -0.2) is 14.1 Å². The third-order valence-electron chi connectivity index (χ3n) is 7.44. The molecule has 214 valence electrons. The molecule has 41 heavy (non-hydrogen) atoms. The van der Waals surface area contributed by atoms with Crippen LogP contribution in [0.5, 0.6) is 5.75 Å². The Balaban J connectivity index is 1.31. The Morgan fingerprint density at radius 1 is 1.05 bits per heavy atom. The highest BCUT2D eigenvalue weighted by atomic mass is 35.5. The number of methoxy groups -OCH3 is 1. The number of carbonyl (C=O) groups excluding carboxylic acids is 1. The molecule has 6 rings (SSSR count). The standard InChI is InChI=1S/C28H30ClFN8O3/c1-40-20-5-3-19(4-6-20)38-26(31)24-25(18-2-7-22(30)21(29)16-18)32-28(33-27(24)34-38)37-10-8-35(9-11-37)17-23(39)36-12-14-41-15-13-36/h2-7,16H,8-15,17,31H2,1H3. The number of halogens is 2. The second kappa shape index (κ2) is 11.5. The topological polar surface area (TPSA) is 115 Å². The molecule has 1 amide bonds. The molecule has 0 spiro atoms. The average molecular weight is 581 g/mol. The van der Waals surface area contributed by atoms with Crippen LogP contribution in [0.2, 0.25) is 5.02 Å². The first-order chi connectivity index (χ1) is 19.9. The molecule has 0 bridgehead atoms. The van der Waals surface area contributed by atoms with Crippen molar-refractivity contribution in [3.05, 3.63) is 53.3 Å². The Kier molecular flexibility index (Phi) is 7.61. The summed E-state index contributed by atoms with van der Waals surface area (Å²) in [5, 5.41) is 5.25. The van der Waals surface area contributed by atoms with Gasteiger partial charge in [0.15, 0.2) is 5.65 Å². The van der Waals surface area contributed by atoms with Crippen molar-refractivity contribution in [1.82, 2.24) is 29.5 Å². The number of piperazine rings is 1. The van der Waals surface area contributed by atoms with Crippen LogP contribution in [0.3, 0.4) is 0 Å². The zero-order valence-corrected chi connectivity index (χ0v) is 23.3. The Morgan fingerprint density at radius 3 is 2.46 bits per heavy atom. The lowest BCUT2D eigenvalue weighted by Crippen LogP contribution is -2.51. The van der Waals surface area contributed by atoms with Gasteiger partial charge in [-0.15, -0.1) is 5.10 Å². The second-order valence-corrected chi connectivity index (χ2v) is 10.4. The van der Waals surface area contributed by atoms with E-state index in [1.807, 2.05) is 29.2 Å². The Morgan fingerprint density at radius 2 is 1.78 bits per heavy atom. The van der Waals surface area contributed by atoms with E-state index < -0.39 is 5.82 Å². The van der Waals surface area contributed by atoms with E-state index in [4.69, 9.17) is 41.9 Å². The maximum absolute atomic E-state index is 14.0. The quantitative estimate of drug-likeness (QED) is 0.367. The number of hydrogen-bond acceptors (Lipinski definition) is 9. The summed E-state index contributed by atoms with van der Waals surface area (Å²) in [7, 11) is 1.60. The zero-order valence-electron chi connectivity index (χ0n) is 22.6. The third-order valence-corrected chi connectivity index (χ3v) is 7.73. The highest BCUT2D eigenvalue weighted by Crippen LogP contribution is 2.35. The fourth-order valence-electron chi connectivity index (χ4n) is 5.12. The monoisotopic (exact) mass is 580 g/mol. The number of ether oxygens (including phenoxy) is 2. The van der Waals surface area contributed by atoms with Gasteiger partial charge < -0.3 is 25.0 Å². The predicted molar refractivity (Wildman–Crippen MR) is 154 cm³/mol. The number of fused-ring (bicyclic) bond motifs is 1. The number of carbonyl (C=O) groups is 1. The Hall–Kier alpha value is -4.00. The lowest BCUT2D eigenvalue weighted by atomic mass is 10.1. The molecular formula is C28H30ClFN8O3. The van der Waals surface area contributed by atoms with E-state index in [-0.39, 0.29) is 10.9 Å². The SMILES string of the molecule is COc1ccc(-n2nc3nc(N4CCN(CC(=O)N5CCOCC5)CC4)nc(-c4ccc(F)c(Cl)c4)c3c2N)cc1. The van der Waals surface area contributed by atoms with Crippen molar-refractivity contribution >= 4 is 40.3 Å². The van der Waals surface area contributed by atoms with Gasteiger partial charge in [-0.2, -0.15) is 4.98 Å². The second-order valence-electron chi connectivity index (χ2n) is 9.95. The van der Waals surface area contributed by atoms with E-state index in [1.54, 1.807) is 17.9 Å². The molecule has 2 fully saturated rings. The van der Waals surface area contributed by atoms with E-state index in [1.165, 1.54) is 12.1 Å².